The number of benzene rings is 2. The molecular weight excluding hydrogens is 374 g/mol. The highest BCUT2D eigenvalue weighted by atomic mass is 16.2. The third-order valence-electron chi connectivity index (χ3n) is 5.14. The standard InChI is InChI=1S/C24H17N5O/c25-14-17-5-3-8-21(13-17)29-23-19(7-4-12-26-23)15-28(24(29)30)16-20-11-10-18-6-1-2-9-22(18)27-20/h1-13H,15-16H2. The van der Waals surface area contributed by atoms with Gasteiger partial charge in [-0.1, -0.05) is 36.4 Å². The highest BCUT2D eigenvalue weighted by Gasteiger charge is 2.32. The minimum atomic E-state index is -0.189. The van der Waals surface area contributed by atoms with Crippen molar-refractivity contribution in [1.29, 1.82) is 5.26 Å². The van der Waals surface area contributed by atoms with Gasteiger partial charge in [0.05, 0.1) is 41.6 Å². The molecule has 2 amide bonds. The topological polar surface area (TPSA) is 73.1 Å². The summed E-state index contributed by atoms with van der Waals surface area (Å²) in [5.74, 6) is 0.598. The Kier molecular flexibility index (Phi) is 4.34. The van der Waals surface area contributed by atoms with Gasteiger partial charge in [0.25, 0.3) is 0 Å². The predicted molar refractivity (Wildman–Crippen MR) is 114 cm³/mol. The largest absolute Gasteiger partial charge is 0.330 e. The van der Waals surface area contributed by atoms with Crippen molar-refractivity contribution >= 4 is 28.4 Å². The molecule has 2 aromatic heterocycles. The Morgan fingerprint density at radius 2 is 1.90 bits per heavy atom. The number of urea groups is 1. The van der Waals surface area contributed by atoms with Crippen molar-refractivity contribution in [2.45, 2.75) is 13.1 Å². The second-order valence-corrected chi connectivity index (χ2v) is 7.12. The molecule has 1 aliphatic rings. The molecule has 0 N–H and O–H groups in total. The minimum absolute atomic E-state index is 0.189. The first-order valence-electron chi connectivity index (χ1n) is 9.61. The Bertz CT molecular complexity index is 1310. The molecule has 1 aliphatic heterocycles. The van der Waals surface area contributed by atoms with Crippen LogP contribution in [0, 0.1) is 11.3 Å². The lowest BCUT2D eigenvalue weighted by Gasteiger charge is -2.36. The summed E-state index contributed by atoms with van der Waals surface area (Å²) >= 11 is 0. The van der Waals surface area contributed by atoms with Crippen molar-refractivity contribution in [3.8, 4) is 6.07 Å². The smallest absolute Gasteiger partial charge is 0.314 e. The van der Waals surface area contributed by atoms with Crippen LogP contribution >= 0.6 is 0 Å². The van der Waals surface area contributed by atoms with Crippen LogP contribution in [0.2, 0.25) is 0 Å². The predicted octanol–water partition coefficient (Wildman–Crippen LogP) is 4.78. The van der Waals surface area contributed by atoms with Crippen LogP contribution in [0.4, 0.5) is 16.3 Å². The summed E-state index contributed by atoms with van der Waals surface area (Å²) in [4.78, 5) is 25.9. The number of rotatable bonds is 3. The van der Waals surface area contributed by atoms with Gasteiger partial charge < -0.3 is 4.90 Å². The molecule has 0 atom stereocenters. The molecule has 30 heavy (non-hydrogen) atoms. The first-order chi connectivity index (χ1) is 14.7. The highest BCUT2D eigenvalue weighted by molar-refractivity contribution is 6.00. The molecule has 0 fully saturated rings. The lowest BCUT2D eigenvalue weighted by Crippen LogP contribution is -2.44. The Morgan fingerprint density at radius 3 is 2.80 bits per heavy atom. The van der Waals surface area contributed by atoms with Crippen molar-refractivity contribution in [2.75, 3.05) is 4.90 Å². The summed E-state index contributed by atoms with van der Waals surface area (Å²) in [6, 6.07) is 24.7. The van der Waals surface area contributed by atoms with Crippen molar-refractivity contribution in [1.82, 2.24) is 14.9 Å². The van der Waals surface area contributed by atoms with Gasteiger partial charge in [0.15, 0.2) is 0 Å². The summed E-state index contributed by atoms with van der Waals surface area (Å²) in [7, 11) is 0. The average molecular weight is 391 g/mol. The number of nitriles is 1. The summed E-state index contributed by atoms with van der Waals surface area (Å²) in [6.07, 6.45) is 1.67. The molecule has 4 aromatic rings. The molecular formula is C24H17N5O. The molecule has 6 heteroatoms. The maximum atomic E-state index is 13.5. The second-order valence-electron chi connectivity index (χ2n) is 7.12. The first-order valence-corrected chi connectivity index (χ1v) is 9.61. The Hall–Kier alpha value is -4.24. The lowest BCUT2D eigenvalue weighted by atomic mass is 10.1. The summed E-state index contributed by atoms with van der Waals surface area (Å²) in [5, 5.41) is 10.3. The van der Waals surface area contributed by atoms with E-state index in [1.165, 1.54) is 0 Å². The van der Waals surface area contributed by atoms with Gasteiger partial charge in [-0.15, -0.1) is 0 Å². The van der Waals surface area contributed by atoms with Crippen molar-refractivity contribution in [2.24, 2.45) is 0 Å². The fraction of sp³-hybridized carbons (Fsp3) is 0.0833. The number of amides is 2. The molecule has 0 unspecified atom stereocenters. The third kappa shape index (κ3) is 3.12. The molecule has 0 bridgehead atoms. The van der Waals surface area contributed by atoms with Crippen molar-refractivity contribution in [3.63, 3.8) is 0 Å². The monoisotopic (exact) mass is 391 g/mol. The number of anilines is 2. The Labute approximate surface area is 173 Å². The van der Waals surface area contributed by atoms with Crippen LogP contribution in [0.25, 0.3) is 10.9 Å². The van der Waals surface area contributed by atoms with E-state index in [9.17, 15) is 10.1 Å². The molecule has 6 nitrogen and oxygen atoms in total. The van der Waals surface area contributed by atoms with Gasteiger partial charge in [-0.3, -0.25) is 4.98 Å². The van der Waals surface area contributed by atoms with E-state index < -0.39 is 0 Å². The number of para-hydroxylation sites is 1. The average Bonchev–Trinajstić information content (AvgIpc) is 2.79. The molecule has 0 aliphatic carbocycles. The van der Waals surface area contributed by atoms with Gasteiger partial charge in [0.1, 0.15) is 5.82 Å². The van der Waals surface area contributed by atoms with Crippen LogP contribution in [0.3, 0.4) is 0 Å². The van der Waals surface area contributed by atoms with E-state index in [0.29, 0.717) is 30.2 Å². The maximum absolute atomic E-state index is 13.5. The maximum Gasteiger partial charge on any atom is 0.330 e. The molecule has 0 saturated heterocycles. The third-order valence-corrected chi connectivity index (χ3v) is 5.14. The SMILES string of the molecule is N#Cc1cccc(N2C(=O)N(Cc3ccc4ccccc4n3)Cc3cccnc32)c1. The minimum Gasteiger partial charge on any atom is -0.314 e. The number of carbonyl (C=O) groups is 1. The van der Waals surface area contributed by atoms with Crippen molar-refractivity contribution in [3.05, 3.63) is 95.8 Å². The van der Waals surface area contributed by atoms with Gasteiger partial charge in [-0.2, -0.15) is 5.26 Å². The van der Waals surface area contributed by atoms with Crippen LogP contribution in [0.1, 0.15) is 16.8 Å². The summed E-state index contributed by atoms with van der Waals surface area (Å²) in [5.41, 5.74) is 3.78. The first kappa shape index (κ1) is 17.8. The molecule has 2 aromatic carbocycles. The van der Waals surface area contributed by atoms with Gasteiger partial charge >= 0.3 is 6.03 Å². The van der Waals surface area contributed by atoms with Crippen molar-refractivity contribution < 1.29 is 4.79 Å². The van der Waals surface area contributed by atoms with E-state index in [-0.39, 0.29) is 6.03 Å². The number of aromatic nitrogens is 2. The Morgan fingerprint density at radius 1 is 1.00 bits per heavy atom. The lowest BCUT2D eigenvalue weighted by molar-refractivity contribution is 0.197. The summed E-state index contributed by atoms with van der Waals surface area (Å²) < 4.78 is 0. The van der Waals surface area contributed by atoms with Gasteiger partial charge in [0.2, 0.25) is 0 Å². The van der Waals surface area contributed by atoms with E-state index in [1.807, 2.05) is 54.6 Å². The van der Waals surface area contributed by atoms with Gasteiger partial charge in [-0.25, -0.2) is 14.7 Å². The highest BCUT2D eigenvalue weighted by Crippen LogP contribution is 2.34. The van der Waals surface area contributed by atoms with Crippen LogP contribution in [-0.4, -0.2) is 20.9 Å². The van der Waals surface area contributed by atoms with Crippen LogP contribution < -0.4 is 4.90 Å². The van der Waals surface area contributed by atoms with E-state index in [2.05, 4.69) is 11.1 Å². The molecule has 144 valence electrons. The zero-order valence-electron chi connectivity index (χ0n) is 16.1. The van der Waals surface area contributed by atoms with E-state index in [0.717, 1.165) is 22.2 Å². The molecule has 5 rings (SSSR count). The number of hydrogen-bond donors (Lipinski definition) is 0. The normalized spacial score (nSPS) is 13.2. The fourth-order valence-corrected chi connectivity index (χ4v) is 3.72. The van der Waals surface area contributed by atoms with Crippen LogP contribution in [-0.2, 0) is 13.1 Å². The Balaban J connectivity index is 1.53. The number of hydrogen-bond acceptors (Lipinski definition) is 4. The fourth-order valence-electron chi connectivity index (χ4n) is 3.72. The van der Waals surface area contributed by atoms with E-state index >= 15 is 0 Å². The van der Waals surface area contributed by atoms with Crippen LogP contribution in [0.15, 0.2) is 79.0 Å². The molecule has 0 spiro atoms. The zero-order valence-corrected chi connectivity index (χ0v) is 16.1. The second kappa shape index (κ2) is 7.30. The van der Waals surface area contributed by atoms with Gasteiger partial charge in [0, 0.05) is 17.1 Å². The number of nitrogens with zero attached hydrogens (tertiary/aromatic N) is 5. The quantitative estimate of drug-likeness (QED) is 0.504. The van der Waals surface area contributed by atoms with Gasteiger partial charge in [-0.05, 0) is 36.4 Å². The van der Waals surface area contributed by atoms with E-state index in [1.54, 1.807) is 34.2 Å². The summed E-state index contributed by atoms with van der Waals surface area (Å²) in [6.45, 7) is 0.831. The molecule has 0 radical (unpaired) electrons. The molecule has 0 saturated carbocycles. The number of fused-ring (bicyclic) bond motifs is 2. The van der Waals surface area contributed by atoms with E-state index in [4.69, 9.17) is 4.98 Å². The number of carbonyl (C=O) groups excluding carboxylic acids is 1. The van der Waals surface area contributed by atoms with Crippen LogP contribution in [0.5, 0.6) is 0 Å². The number of pyridine rings is 2. The zero-order chi connectivity index (χ0) is 20.5. The molecule has 3 heterocycles.